The van der Waals surface area contributed by atoms with Crippen LogP contribution in [0, 0.1) is 5.41 Å². The second-order valence-electron chi connectivity index (χ2n) is 7.49. The number of nitrogens with zero attached hydrogens (tertiary/aromatic N) is 1. The molecule has 0 saturated carbocycles. The molecule has 0 radical (unpaired) electrons. The number of carbonyl (C=O) groups excluding carboxylic acids is 1. The van der Waals surface area contributed by atoms with Crippen LogP contribution < -0.4 is 5.32 Å². The summed E-state index contributed by atoms with van der Waals surface area (Å²) < 4.78 is 5.57. The van der Waals surface area contributed by atoms with Gasteiger partial charge in [-0.25, -0.2) is 9.78 Å². The van der Waals surface area contributed by atoms with Crippen molar-refractivity contribution in [2.75, 3.05) is 0 Å². The van der Waals surface area contributed by atoms with Crippen LogP contribution in [-0.4, -0.2) is 27.8 Å². The van der Waals surface area contributed by atoms with Gasteiger partial charge in [-0.2, -0.15) is 0 Å². The summed E-state index contributed by atoms with van der Waals surface area (Å²) >= 11 is 5.71. The van der Waals surface area contributed by atoms with Gasteiger partial charge < -0.3 is 15.2 Å². The molecule has 0 spiro atoms. The molecule has 1 aromatic heterocycles. The van der Waals surface area contributed by atoms with E-state index in [-0.39, 0.29) is 28.0 Å². The van der Waals surface area contributed by atoms with E-state index in [2.05, 4.69) is 10.3 Å². The third-order valence-corrected chi connectivity index (χ3v) is 3.28. The third kappa shape index (κ3) is 6.10. The fourth-order valence-electron chi connectivity index (χ4n) is 1.79. The molecule has 1 atom stereocenters. The van der Waals surface area contributed by atoms with Gasteiger partial charge in [0.1, 0.15) is 6.10 Å². The zero-order valence-corrected chi connectivity index (χ0v) is 14.8. The molecular weight excluding hydrogens is 304 g/mol. The van der Waals surface area contributed by atoms with Crippen LogP contribution in [0.3, 0.4) is 0 Å². The van der Waals surface area contributed by atoms with E-state index >= 15 is 0 Å². The Morgan fingerprint density at radius 3 is 2.41 bits per heavy atom. The number of aromatic nitrogens is 1. The Bertz CT molecular complexity index is 533. The highest BCUT2D eigenvalue weighted by Crippen LogP contribution is 2.28. The van der Waals surface area contributed by atoms with E-state index in [1.807, 2.05) is 41.5 Å². The molecule has 5 nitrogen and oxygen atoms in total. The Balaban J connectivity index is 2.86. The zero-order valence-electron chi connectivity index (χ0n) is 14.0. The number of amides is 1. The molecule has 0 fully saturated rings. The predicted octanol–water partition coefficient (Wildman–Crippen LogP) is 3.92. The zero-order chi connectivity index (χ0) is 17.1. The van der Waals surface area contributed by atoms with Crippen LogP contribution in [0.1, 0.15) is 47.1 Å². The van der Waals surface area contributed by atoms with Crippen molar-refractivity contribution in [3.8, 4) is 5.75 Å². The van der Waals surface area contributed by atoms with Crippen molar-refractivity contribution in [2.45, 2.75) is 59.6 Å². The normalized spacial score (nSPS) is 13.6. The molecule has 0 aliphatic heterocycles. The Morgan fingerprint density at radius 1 is 1.36 bits per heavy atom. The summed E-state index contributed by atoms with van der Waals surface area (Å²) in [6.07, 6.45) is 1.20. The van der Waals surface area contributed by atoms with E-state index < -0.39 is 6.09 Å². The molecule has 2 N–H and O–H groups in total. The summed E-state index contributed by atoms with van der Waals surface area (Å²) in [5, 5.41) is 12.5. The Labute approximate surface area is 137 Å². The average Bonchev–Trinajstić information content (AvgIpc) is 2.29. The van der Waals surface area contributed by atoms with E-state index in [9.17, 15) is 9.90 Å². The van der Waals surface area contributed by atoms with Gasteiger partial charge >= 0.3 is 6.09 Å². The third-order valence-electron chi connectivity index (χ3n) is 2.99. The first kappa shape index (κ1) is 18.6. The molecule has 124 valence electrons. The number of halogens is 1. The highest BCUT2D eigenvalue weighted by molar-refractivity contribution is 6.30. The van der Waals surface area contributed by atoms with E-state index in [1.165, 1.54) is 0 Å². The van der Waals surface area contributed by atoms with E-state index in [0.717, 1.165) is 5.56 Å². The first-order valence-corrected chi connectivity index (χ1v) is 7.58. The minimum absolute atomic E-state index is 0.0578. The summed E-state index contributed by atoms with van der Waals surface area (Å²) in [4.78, 5) is 15.9. The topological polar surface area (TPSA) is 71.5 Å². The fourth-order valence-corrected chi connectivity index (χ4v) is 1.90. The summed E-state index contributed by atoms with van der Waals surface area (Å²) in [7, 11) is 0. The van der Waals surface area contributed by atoms with Crippen LogP contribution in [0.5, 0.6) is 5.75 Å². The average molecular weight is 329 g/mol. The van der Waals surface area contributed by atoms with E-state index in [4.69, 9.17) is 16.3 Å². The molecule has 0 aliphatic rings. The van der Waals surface area contributed by atoms with Gasteiger partial charge in [-0.1, -0.05) is 32.4 Å². The van der Waals surface area contributed by atoms with Gasteiger partial charge in [0.2, 0.25) is 0 Å². The fraction of sp³-hybridized carbons (Fsp3) is 0.625. The molecule has 6 heteroatoms. The Hall–Kier alpha value is -1.49. The van der Waals surface area contributed by atoms with Crippen molar-refractivity contribution >= 4 is 17.7 Å². The molecule has 1 aromatic rings. The minimum atomic E-state index is -0.460. The molecule has 0 unspecified atom stereocenters. The first-order valence-electron chi connectivity index (χ1n) is 7.20. The van der Waals surface area contributed by atoms with Crippen LogP contribution in [0.4, 0.5) is 4.79 Å². The van der Waals surface area contributed by atoms with E-state index in [1.54, 1.807) is 12.3 Å². The smallest absolute Gasteiger partial charge is 0.407 e. The Kier molecular flexibility index (Phi) is 5.68. The number of ether oxygens (including phenoxy) is 1. The lowest BCUT2D eigenvalue weighted by atomic mass is 9.85. The van der Waals surface area contributed by atoms with Crippen molar-refractivity contribution in [3.05, 3.63) is 23.0 Å². The number of aromatic hydroxyl groups is 1. The number of nitrogens with one attached hydrogen (secondary N) is 1. The summed E-state index contributed by atoms with van der Waals surface area (Å²) in [6, 6.07) is 1.54. The maximum atomic E-state index is 12.0. The molecule has 0 aromatic carbocycles. The second kappa shape index (κ2) is 6.73. The minimum Gasteiger partial charge on any atom is -0.505 e. The molecule has 0 saturated heterocycles. The highest BCUT2D eigenvalue weighted by atomic mass is 35.5. The van der Waals surface area contributed by atoms with Gasteiger partial charge in [0, 0.05) is 18.2 Å². The molecular formula is C16H25ClN2O3. The SMILES string of the molecule is CC(C)(C)NC(=O)O[C@H](Cc1cnc(Cl)c(O)c1)C(C)(C)C. The van der Waals surface area contributed by atoms with Gasteiger partial charge in [-0.05, 0) is 37.8 Å². The number of rotatable bonds is 3. The largest absolute Gasteiger partial charge is 0.505 e. The van der Waals surface area contributed by atoms with Gasteiger partial charge in [0.05, 0.1) is 0 Å². The number of carbonyl (C=O) groups is 1. The van der Waals surface area contributed by atoms with Crippen molar-refractivity contribution < 1.29 is 14.6 Å². The number of alkyl carbamates (subject to hydrolysis) is 1. The maximum Gasteiger partial charge on any atom is 0.407 e. The van der Waals surface area contributed by atoms with Gasteiger partial charge in [0.25, 0.3) is 0 Å². The quantitative estimate of drug-likeness (QED) is 0.825. The summed E-state index contributed by atoms with van der Waals surface area (Å²) in [6.45, 7) is 11.6. The van der Waals surface area contributed by atoms with Crippen molar-refractivity contribution in [1.29, 1.82) is 0 Å². The van der Waals surface area contributed by atoms with Crippen molar-refractivity contribution in [3.63, 3.8) is 0 Å². The first-order chi connectivity index (χ1) is 9.88. The number of pyridine rings is 1. The summed E-state index contributed by atoms with van der Waals surface area (Å²) in [5.74, 6) is -0.0778. The van der Waals surface area contributed by atoms with Crippen molar-refractivity contribution in [1.82, 2.24) is 10.3 Å². The molecule has 1 heterocycles. The molecule has 1 amide bonds. The van der Waals surface area contributed by atoms with Crippen LogP contribution >= 0.6 is 11.6 Å². The lowest BCUT2D eigenvalue weighted by Crippen LogP contribution is -2.44. The molecule has 1 rings (SSSR count). The second-order valence-corrected chi connectivity index (χ2v) is 7.85. The van der Waals surface area contributed by atoms with E-state index in [0.29, 0.717) is 6.42 Å². The highest BCUT2D eigenvalue weighted by Gasteiger charge is 2.30. The molecule has 22 heavy (non-hydrogen) atoms. The Morgan fingerprint density at radius 2 is 1.95 bits per heavy atom. The molecule has 0 bridgehead atoms. The monoisotopic (exact) mass is 328 g/mol. The number of hydrogen-bond donors (Lipinski definition) is 2. The lowest BCUT2D eigenvalue weighted by molar-refractivity contribution is 0.0283. The lowest BCUT2D eigenvalue weighted by Gasteiger charge is -2.32. The molecule has 0 aliphatic carbocycles. The predicted molar refractivity (Wildman–Crippen MR) is 87.2 cm³/mol. The van der Waals surface area contributed by atoms with Gasteiger partial charge in [-0.3, -0.25) is 0 Å². The van der Waals surface area contributed by atoms with Crippen LogP contribution in [0.25, 0.3) is 0 Å². The standard InChI is InChI=1S/C16H25ClN2O3/c1-15(2,3)12(22-14(21)19-16(4,5)6)8-10-7-11(20)13(17)18-9-10/h7,9,12,20H,8H2,1-6H3,(H,19,21)/t12-/m1/s1. The van der Waals surface area contributed by atoms with Crippen LogP contribution in [0.15, 0.2) is 12.3 Å². The summed E-state index contributed by atoms with van der Waals surface area (Å²) in [5.41, 5.74) is 0.134. The van der Waals surface area contributed by atoms with Gasteiger partial charge in [0.15, 0.2) is 10.9 Å². The van der Waals surface area contributed by atoms with Crippen LogP contribution in [0.2, 0.25) is 5.15 Å². The number of hydrogen-bond acceptors (Lipinski definition) is 4. The van der Waals surface area contributed by atoms with Crippen LogP contribution in [-0.2, 0) is 11.2 Å². The van der Waals surface area contributed by atoms with Crippen molar-refractivity contribution in [2.24, 2.45) is 5.41 Å². The maximum absolute atomic E-state index is 12.0. The van der Waals surface area contributed by atoms with Gasteiger partial charge in [-0.15, -0.1) is 0 Å².